The fourth-order valence-electron chi connectivity index (χ4n) is 3.42. The number of H-pyrrole nitrogens is 1. The van der Waals surface area contributed by atoms with Gasteiger partial charge in [-0.1, -0.05) is 5.16 Å². The molecule has 25 heavy (non-hydrogen) atoms. The molecule has 0 aliphatic carbocycles. The molecule has 3 aromatic rings. The normalized spacial score (nSPS) is 18.0. The lowest BCUT2D eigenvalue weighted by molar-refractivity contribution is -0.134. The maximum Gasteiger partial charge on any atom is 0.230 e. The zero-order chi connectivity index (χ0) is 17.4. The maximum atomic E-state index is 13.4. The van der Waals surface area contributed by atoms with Crippen molar-refractivity contribution in [3.63, 3.8) is 0 Å². The summed E-state index contributed by atoms with van der Waals surface area (Å²) in [4.78, 5) is 22.4. The molecule has 7 heteroatoms. The molecule has 1 aliphatic heterocycles. The average Bonchev–Trinajstić information content (AvgIpc) is 3.20. The molecule has 6 nitrogen and oxygen atoms in total. The number of aromatic amines is 1. The number of piperidine rings is 1. The Hall–Kier alpha value is -2.70. The second-order valence-electron chi connectivity index (χ2n) is 6.49. The average molecular weight is 342 g/mol. The topological polar surface area (TPSA) is 75.0 Å². The summed E-state index contributed by atoms with van der Waals surface area (Å²) in [6.07, 6.45) is 3.02. The quantitative estimate of drug-likeness (QED) is 0.792. The summed E-state index contributed by atoms with van der Waals surface area (Å²) in [5, 5.41) is 3.83. The lowest BCUT2D eigenvalue weighted by atomic mass is 10.0. The number of likely N-dealkylation sites (tertiary alicyclic amines) is 1. The molecule has 0 unspecified atom stereocenters. The number of nitrogens with zero attached hydrogens (tertiary/aromatic N) is 3. The number of hydrogen-bond donors (Lipinski definition) is 1. The minimum atomic E-state index is -0.306. The summed E-state index contributed by atoms with van der Waals surface area (Å²) in [6.45, 7) is 2.51. The van der Waals surface area contributed by atoms with Gasteiger partial charge >= 0.3 is 0 Å². The molecule has 1 saturated heterocycles. The maximum absolute atomic E-state index is 13.4. The van der Waals surface area contributed by atoms with E-state index in [1.54, 1.807) is 12.1 Å². The predicted molar refractivity (Wildman–Crippen MR) is 89.3 cm³/mol. The molecule has 1 amide bonds. The Balaban J connectivity index is 1.60. The van der Waals surface area contributed by atoms with Crippen molar-refractivity contribution in [2.75, 3.05) is 6.54 Å². The number of halogens is 1. The number of benzene rings is 1. The van der Waals surface area contributed by atoms with Crippen LogP contribution in [0.4, 0.5) is 4.39 Å². The lowest BCUT2D eigenvalue weighted by Crippen LogP contribution is -2.39. The molecule has 130 valence electrons. The van der Waals surface area contributed by atoms with E-state index in [1.807, 2.05) is 11.8 Å². The number of aryl methyl sites for hydroxylation is 1. The highest BCUT2D eigenvalue weighted by Crippen LogP contribution is 2.31. The van der Waals surface area contributed by atoms with Crippen LogP contribution in [0, 0.1) is 12.7 Å². The highest BCUT2D eigenvalue weighted by atomic mass is 19.1. The van der Waals surface area contributed by atoms with Crippen molar-refractivity contribution in [2.24, 2.45) is 0 Å². The molecule has 0 bridgehead atoms. The van der Waals surface area contributed by atoms with Gasteiger partial charge in [-0.3, -0.25) is 4.79 Å². The third kappa shape index (κ3) is 3.14. The molecule has 0 saturated carbocycles. The summed E-state index contributed by atoms with van der Waals surface area (Å²) in [5.41, 5.74) is 2.12. The predicted octanol–water partition coefficient (Wildman–Crippen LogP) is 3.29. The molecule has 2 aromatic heterocycles. The number of carbonyl (C=O) groups excluding carboxylic acids is 1. The molecular formula is C18H19FN4O2. The Bertz CT molecular complexity index is 917. The Morgan fingerprint density at radius 1 is 1.40 bits per heavy atom. The van der Waals surface area contributed by atoms with E-state index in [1.165, 1.54) is 12.1 Å². The largest absolute Gasteiger partial charge is 0.361 e. The summed E-state index contributed by atoms with van der Waals surface area (Å²) >= 11 is 0. The summed E-state index contributed by atoms with van der Waals surface area (Å²) < 4.78 is 18.6. The van der Waals surface area contributed by atoms with Gasteiger partial charge in [-0.25, -0.2) is 9.37 Å². The van der Waals surface area contributed by atoms with Crippen LogP contribution in [-0.2, 0) is 11.2 Å². The number of amides is 1. The van der Waals surface area contributed by atoms with E-state index in [-0.39, 0.29) is 24.2 Å². The number of nitrogens with one attached hydrogen (secondary N) is 1. The summed E-state index contributed by atoms with van der Waals surface area (Å²) in [6, 6.07) is 6.12. The van der Waals surface area contributed by atoms with Gasteiger partial charge in [0.05, 0.1) is 29.2 Å². The van der Waals surface area contributed by atoms with E-state index < -0.39 is 0 Å². The first-order valence-electron chi connectivity index (χ1n) is 8.47. The van der Waals surface area contributed by atoms with Gasteiger partial charge in [0.1, 0.15) is 17.4 Å². The number of imidazole rings is 1. The van der Waals surface area contributed by atoms with Gasteiger partial charge in [-0.2, -0.15) is 0 Å². The first-order valence-corrected chi connectivity index (χ1v) is 8.47. The number of rotatable bonds is 3. The van der Waals surface area contributed by atoms with E-state index in [4.69, 9.17) is 4.52 Å². The van der Waals surface area contributed by atoms with Crippen LogP contribution < -0.4 is 0 Å². The number of fused-ring (bicyclic) bond motifs is 1. The third-order valence-electron chi connectivity index (χ3n) is 4.60. The molecule has 1 N–H and O–H groups in total. The third-order valence-corrected chi connectivity index (χ3v) is 4.60. The molecule has 3 heterocycles. The highest BCUT2D eigenvalue weighted by molar-refractivity contribution is 5.79. The van der Waals surface area contributed by atoms with Crippen molar-refractivity contribution in [3.05, 3.63) is 47.4 Å². The van der Waals surface area contributed by atoms with Gasteiger partial charge in [0, 0.05) is 12.6 Å². The molecular weight excluding hydrogens is 323 g/mol. The van der Waals surface area contributed by atoms with Crippen LogP contribution in [0.1, 0.15) is 42.6 Å². The molecule has 1 fully saturated rings. The smallest absolute Gasteiger partial charge is 0.230 e. The van der Waals surface area contributed by atoms with E-state index in [2.05, 4.69) is 15.1 Å². The molecule has 1 aromatic carbocycles. The second-order valence-corrected chi connectivity index (χ2v) is 6.49. The van der Waals surface area contributed by atoms with Gasteiger partial charge in [0.15, 0.2) is 0 Å². The van der Waals surface area contributed by atoms with Crippen molar-refractivity contribution in [1.82, 2.24) is 20.0 Å². The molecule has 0 spiro atoms. The molecule has 1 aliphatic rings. The lowest BCUT2D eigenvalue weighted by Gasteiger charge is -2.34. The van der Waals surface area contributed by atoms with Crippen LogP contribution in [0.2, 0.25) is 0 Å². The van der Waals surface area contributed by atoms with Crippen LogP contribution >= 0.6 is 0 Å². The minimum Gasteiger partial charge on any atom is -0.361 e. The summed E-state index contributed by atoms with van der Waals surface area (Å²) in [5.74, 6) is 0.966. The van der Waals surface area contributed by atoms with Crippen molar-refractivity contribution in [1.29, 1.82) is 0 Å². The van der Waals surface area contributed by atoms with E-state index in [0.717, 1.165) is 25.0 Å². The second kappa shape index (κ2) is 6.31. The number of carbonyl (C=O) groups is 1. The summed E-state index contributed by atoms with van der Waals surface area (Å²) in [7, 11) is 0. The van der Waals surface area contributed by atoms with Gasteiger partial charge in [0.2, 0.25) is 5.91 Å². The fraction of sp³-hybridized carbons (Fsp3) is 0.389. The highest BCUT2D eigenvalue weighted by Gasteiger charge is 2.30. The first-order chi connectivity index (χ1) is 12.1. The Morgan fingerprint density at radius 3 is 3.08 bits per heavy atom. The van der Waals surface area contributed by atoms with E-state index in [9.17, 15) is 9.18 Å². The Labute approximate surface area is 144 Å². The van der Waals surface area contributed by atoms with Gasteiger partial charge in [0.25, 0.3) is 0 Å². The molecule has 0 radical (unpaired) electrons. The van der Waals surface area contributed by atoms with Gasteiger partial charge in [-0.15, -0.1) is 0 Å². The van der Waals surface area contributed by atoms with Crippen molar-refractivity contribution >= 4 is 16.9 Å². The zero-order valence-electron chi connectivity index (χ0n) is 14.0. The van der Waals surface area contributed by atoms with Crippen molar-refractivity contribution in [2.45, 2.75) is 38.6 Å². The van der Waals surface area contributed by atoms with E-state index >= 15 is 0 Å². The van der Waals surface area contributed by atoms with Gasteiger partial charge < -0.3 is 14.4 Å². The number of aromatic nitrogens is 3. The molecule has 1 atom stereocenters. The standard InChI is InChI=1S/C18H19FN4O2/c1-11-8-13(25-22-11)10-17(24)23-7-3-2-4-16(23)18-20-14-6-5-12(19)9-15(14)21-18/h5-6,8-9,16H,2-4,7,10H2,1H3,(H,20,21)/t16-/m1/s1. The van der Waals surface area contributed by atoms with Crippen LogP contribution in [0.25, 0.3) is 11.0 Å². The zero-order valence-corrected chi connectivity index (χ0v) is 14.0. The monoisotopic (exact) mass is 342 g/mol. The molecule has 4 rings (SSSR count). The SMILES string of the molecule is Cc1cc(CC(=O)N2CCCC[C@@H]2c2nc3ccc(F)cc3[nH]2)on1. The van der Waals surface area contributed by atoms with Gasteiger partial charge in [-0.05, 0) is 44.4 Å². The van der Waals surface area contributed by atoms with E-state index in [0.29, 0.717) is 29.2 Å². The fourth-order valence-corrected chi connectivity index (χ4v) is 3.42. The van der Waals surface area contributed by atoms with Crippen LogP contribution in [0.3, 0.4) is 0 Å². The van der Waals surface area contributed by atoms with Crippen LogP contribution in [0.15, 0.2) is 28.8 Å². The van der Waals surface area contributed by atoms with Crippen LogP contribution in [0.5, 0.6) is 0 Å². The van der Waals surface area contributed by atoms with Crippen LogP contribution in [-0.4, -0.2) is 32.5 Å². The minimum absolute atomic E-state index is 0.00696. The Morgan fingerprint density at radius 2 is 2.28 bits per heavy atom. The first kappa shape index (κ1) is 15.8. The van der Waals surface area contributed by atoms with Crippen molar-refractivity contribution < 1.29 is 13.7 Å². The van der Waals surface area contributed by atoms with Crippen molar-refractivity contribution in [3.8, 4) is 0 Å². The number of hydrogen-bond acceptors (Lipinski definition) is 4. The Kier molecular flexibility index (Phi) is 3.99.